The predicted octanol–water partition coefficient (Wildman–Crippen LogP) is 2.99. The van der Waals surface area contributed by atoms with Crippen molar-refractivity contribution in [3.63, 3.8) is 0 Å². The van der Waals surface area contributed by atoms with E-state index in [2.05, 4.69) is 10.3 Å². The van der Waals surface area contributed by atoms with Gasteiger partial charge in [0.1, 0.15) is 5.69 Å². The van der Waals surface area contributed by atoms with E-state index in [0.29, 0.717) is 17.4 Å². The maximum absolute atomic E-state index is 12.4. The molecule has 0 saturated heterocycles. The fourth-order valence-electron chi connectivity index (χ4n) is 2.86. The molecule has 1 amide bonds. The fourth-order valence-corrected chi connectivity index (χ4v) is 3.73. The third-order valence-corrected chi connectivity index (χ3v) is 5.17. The SMILES string of the molecule is Cc1sc(-c2ccco2)nc1C(=O)NC1CCC(CO)CC1. The second-order valence-electron chi connectivity index (χ2n) is 5.77. The molecule has 0 bridgehead atoms. The lowest BCUT2D eigenvalue weighted by atomic mass is 9.86. The highest BCUT2D eigenvalue weighted by Gasteiger charge is 2.24. The van der Waals surface area contributed by atoms with Crippen LogP contribution in [-0.4, -0.2) is 28.6 Å². The van der Waals surface area contributed by atoms with Gasteiger partial charge in [0.25, 0.3) is 5.91 Å². The number of aliphatic hydroxyl groups is 1. The molecular weight excluding hydrogens is 300 g/mol. The number of aromatic nitrogens is 1. The number of nitrogens with zero attached hydrogens (tertiary/aromatic N) is 1. The molecule has 0 aromatic carbocycles. The molecule has 0 spiro atoms. The molecule has 1 aliphatic carbocycles. The minimum absolute atomic E-state index is 0.112. The molecule has 0 aliphatic heterocycles. The van der Waals surface area contributed by atoms with E-state index in [0.717, 1.165) is 35.6 Å². The Kier molecular flexibility index (Phi) is 4.59. The third-order valence-electron chi connectivity index (χ3n) is 4.18. The first kappa shape index (κ1) is 15.2. The molecule has 1 saturated carbocycles. The predicted molar refractivity (Wildman–Crippen MR) is 84.9 cm³/mol. The van der Waals surface area contributed by atoms with E-state index in [1.807, 2.05) is 19.1 Å². The summed E-state index contributed by atoms with van der Waals surface area (Å²) in [6.07, 6.45) is 5.38. The summed E-state index contributed by atoms with van der Waals surface area (Å²) in [7, 11) is 0. The standard InChI is InChI=1S/C16H20N2O3S/c1-10-14(18-16(22-10)13-3-2-8-21-13)15(20)17-12-6-4-11(9-19)5-7-12/h2-3,8,11-12,19H,4-7,9H2,1H3,(H,17,20). The lowest BCUT2D eigenvalue weighted by molar-refractivity contribution is 0.0909. The molecule has 2 heterocycles. The Hall–Kier alpha value is -1.66. The van der Waals surface area contributed by atoms with Crippen molar-refractivity contribution in [3.8, 4) is 10.8 Å². The maximum Gasteiger partial charge on any atom is 0.271 e. The summed E-state index contributed by atoms with van der Waals surface area (Å²) in [4.78, 5) is 17.7. The quantitative estimate of drug-likeness (QED) is 0.908. The number of hydrogen-bond donors (Lipinski definition) is 2. The number of hydrogen-bond acceptors (Lipinski definition) is 5. The van der Waals surface area contributed by atoms with Gasteiger partial charge < -0.3 is 14.8 Å². The van der Waals surface area contributed by atoms with Crippen molar-refractivity contribution in [1.82, 2.24) is 10.3 Å². The van der Waals surface area contributed by atoms with E-state index >= 15 is 0 Å². The lowest BCUT2D eigenvalue weighted by Crippen LogP contribution is -2.38. The van der Waals surface area contributed by atoms with Gasteiger partial charge in [-0.3, -0.25) is 4.79 Å². The Morgan fingerprint density at radius 3 is 2.86 bits per heavy atom. The number of thiazole rings is 1. The van der Waals surface area contributed by atoms with Gasteiger partial charge in [-0.15, -0.1) is 11.3 Å². The summed E-state index contributed by atoms with van der Waals surface area (Å²) in [5.41, 5.74) is 0.487. The zero-order valence-electron chi connectivity index (χ0n) is 12.5. The van der Waals surface area contributed by atoms with Crippen molar-refractivity contribution in [2.75, 3.05) is 6.61 Å². The molecule has 118 valence electrons. The molecule has 0 atom stereocenters. The number of amides is 1. The van der Waals surface area contributed by atoms with Crippen molar-refractivity contribution in [3.05, 3.63) is 29.0 Å². The van der Waals surface area contributed by atoms with E-state index in [-0.39, 0.29) is 18.6 Å². The highest BCUT2D eigenvalue weighted by atomic mass is 32.1. The number of aliphatic hydroxyl groups excluding tert-OH is 1. The number of rotatable bonds is 4. The topological polar surface area (TPSA) is 75.4 Å². The summed E-state index contributed by atoms with van der Waals surface area (Å²) in [5.74, 6) is 0.967. The van der Waals surface area contributed by atoms with Crippen molar-refractivity contribution in [2.24, 2.45) is 5.92 Å². The van der Waals surface area contributed by atoms with Crippen molar-refractivity contribution >= 4 is 17.2 Å². The van der Waals surface area contributed by atoms with Gasteiger partial charge in [0, 0.05) is 17.5 Å². The van der Waals surface area contributed by atoms with Crippen LogP contribution < -0.4 is 5.32 Å². The van der Waals surface area contributed by atoms with Crippen LogP contribution in [0.3, 0.4) is 0 Å². The number of carbonyl (C=O) groups is 1. The van der Waals surface area contributed by atoms with Gasteiger partial charge in [-0.1, -0.05) is 0 Å². The summed E-state index contributed by atoms with van der Waals surface area (Å²) < 4.78 is 5.33. The molecule has 2 N–H and O–H groups in total. The smallest absolute Gasteiger partial charge is 0.271 e. The lowest BCUT2D eigenvalue weighted by Gasteiger charge is -2.27. The molecular formula is C16H20N2O3S. The highest BCUT2D eigenvalue weighted by Crippen LogP contribution is 2.28. The number of furan rings is 1. The summed E-state index contributed by atoms with van der Waals surface area (Å²) in [6.45, 7) is 2.15. The molecule has 2 aromatic heterocycles. The average Bonchev–Trinajstić information content (AvgIpc) is 3.17. The van der Waals surface area contributed by atoms with Crippen LogP contribution in [0.5, 0.6) is 0 Å². The number of carbonyl (C=O) groups excluding carboxylic acids is 1. The molecule has 0 radical (unpaired) electrons. The molecule has 3 rings (SSSR count). The van der Waals surface area contributed by atoms with Crippen molar-refractivity contribution in [1.29, 1.82) is 0 Å². The Labute approximate surface area is 133 Å². The molecule has 1 fully saturated rings. The first-order valence-electron chi connectivity index (χ1n) is 7.60. The van der Waals surface area contributed by atoms with Gasteiger partial charge in [0.05, 0.1) is 6.26 Å². The van der Waals surface area contributed by atoms with E-state index in [1.54, 1.807) is 6.26 Å². The summed E-state index contributed by atoms with van der Waals surface area (Å²) in [6, 6.07) is 3.84. The van der Waals surface area contributed by atoms with Gasteiger partial charge in [0.15, 0.2) is 10.8 Å². The van der Waals surface area contributed by atoms with Crippen molar-refractivity contribution in [2.45, 2.75) is 38.6 Å². The molecule has 1 aliphatic rings. The Bertz CT molecular complexity index is 628. The second-order valence-corrected chi connectivity index (χ2v) is 6.98. The van der Waals surface area contributed by atoms with Crippen LogP contribution in [0.1, 0.15) is 41.0 Å². The van der Waals surface area contributed by atoms with Gasteiger partial charge >= 0.3 is 0 Å². The van der Waals surface area contributed by atoms with Crippen LogP contribution in [0.2, 0.25) is 0 Å². The fraction of sp³-hybridized carbons (Fsp3) is 0.500. The van der Waals surface area contributed by atoms with Gasteiger partial charge in [-0.05, 0) is 50.7 Å². The number of aryl methyl sites for hydroxylation is 1. The van der Waals surface area contributed by atoms with E-state index in [4.69, 9.17) is 9.52 Å². The van der Waals surface area contributed by atoms with Crippen LogP contribution in [0.25, 0.3) is 10.8 Å². The maximum atomic E-state index is 12.4. The van der Waals surface area contributed by atoms with Crippen molar-refractivity contribution < 1.29 is 14.3 Å². The molecule has 5 nitrogen and oxygen atoms in total. The van der Waals surface area contributed by atoms with E-state index < -0.39 is 0 Å². The van der Waals surface area contributed by atoms with E-state index in [9.17, 15) is 4.79 Å². The third kappa shape index (κ3) is 3.23. The summed E-state index contributed by atoms with van der Waals surface area (Å²) in [5, 5.41) is 13.0. The second kappa shape index (κ2) is 6.62. The molecule has 22 heavy (non-hydrogen) atoms. The van der Waals surface area contributed by atoms with Gasteiger partial charge in [0.2, 0.25) is 0 Å². The summed E-state index contributed by atoms with van der Waals surface area (Å²) >= 11 is 1.47. The van der Waals surface area contributed by atoms with E-state index in [1.165, 1.54) is 11.3 Å². The first-order chi connectivity index (χ1) is 10.7. The monoisotopic (exact) mass is 320 g/mol. The Morgan fingerprint density at radius 2 is 2.23 bits per heavy atom. The highest BCUT2D eigenvalue weighted by molar-refractivity contribution is 7.15. The van der Waals surface area contributed by atoms with Crippen LogP contribution in [-0.2, 0) is 0 Å². The average molecular weight is 320 g/mol. The molecule has 0 unspecified atom stereocenters. The number of nitrogens with one attached hydrogen (secondary N) is 1. The van der Waals surface area contributed by atoms with Crippen LogP contribution in [0, 0.1) is 12.8 Å². The minimum Gasteiger partial charge on any atom is -0.462 e. The van der Waals surface area contributed by atoms with Gasteiger partial charge in [-0.2, -0.15) is 0 Å². The zero-order chi connectivity index (χ0) is 15.5. The van der Waals surface area contributed by atoms with Gasteiger partial charge in [-0.25, -0.2) is 4.98 Å². The Morgan fingerprint density at radius 1 is 1.45 bits per heavy atom. The zero-order valence-corrected chi connectivity index (χ0v) is 13.4. The van der Waals surface area contributed by atoms with Crippen LogP contribution in [0.15, 0.2) is 22.8 Å². The van der Waals surface area contributed by atoms with Crippen LogP contribution >= 0.6 is 11.3 Å². The minimum atomic E-state index is -0.112. The normalized spacial score (nSPS) is 21.7. The first-order valence-corrected chi connectivity index (χ1v) is 8.42. The molecule has 6 heteroatoms. The van der Waals surface area contributed by atoms with Crippen LogP contribution in [0.4, 0.5) is 0 Å². The Balaban J connectivity index is 1.65. The molecule has 2 aromatic rings. The largest absolute Gasteiger partial charge is 0.462 e.